The molecular weight excluding hydrogens is 164 g/mol. The highest BCUT2D eigenvalue weighted by Gasteiger charge is 2.14. The van der Waals surface area contributed by atoms with Crippen LogP contribution in [-0.2, 0) is 0 Å². The van der Waals surface area contributed by atoms with Gasteiger partial charge in [-0.05, 0) is 19.4 Å². The highest BCUT2D eigenvalue weighted by Crippen LogP contribution is 2.19. The molecule has 0 bridgehead atoms. The van der Waals surface area contributed by atoms with Gasteiger partial charge in [0.1, 0.15) is 0 Å². The standard InChI is InChI=1S/C10H14N2O/c13-8-4-6-12-10(7-8)9-3-1-2-5-11-9/h4,6-7,9,11H,1-3,5H2,(H,12,13). The van der Waals surface area contributed by atoms with Crippen molar-refractivity contribution in [2.24, 2.45) is 0 Å². The average molecular weight is 178 g/mol. The minimum absolute atomic E-state index is 0.0844. The summed E-state index contributed by atoms with van der Waals surface area (Å²) in [6.45, 7) is 1.06. The number of pyridine rings is 1. The van der Waals surface area contributed by atoms with E-state index in [2.05, 4.69) is 10.3 Å². The molecule has 2 N–H and O–H groups in total. The minimum atomic E-state index is 0.0844. The molecule has 1 unspecified atom stereocenters. The Labute approximate surface area is 77.2 Å². The summed E-state index contributed by atoms with van der Waals surface area (Å²) in [7, 11) is 0. The van der Waals surface area contributed by atoms with Crippen LogP contribution in [0.15, 0.2) is 23.1 Å². The molecule has 1 atom stereocenters. The first kappa shape index (κ1) is 8.51. The summed E-state index contributed by atoms with van der Waals surface area (Å²) in [6.07, 6.45) is 5.33. The molecule has 0 aromatic carbocycles. The summed E-state index contributed by atoms with van der Waals surface area (Å²) in [5.41, 5.74) is 1.10. The summed E-state index contributed by atoms with van der Waals surface area (Å²) in [5.74, 6) is 0. The summed E-state index contributed by atoms with van der Waals surface area (Å²) in [6, 6.07) is 3.58. The van der Waals surface area contributed by atoms with Crippen LogP contribution in [0.1, 0.15) is 31.0 Å². The van der Waals surface area contributed by atoms with Crippen LogP contribution in [0, 0.1) is 0 Å². The Hall–Kier alpha value is -1.09. The molecule has 13 heavy (non-hydrogen) atoms. The maximum Gasteiger partial charge on any atom is 0.181 e. The van der Waals surface area contributed by atoms with Crippen LogP contribution in [0.2, 0.25) is 0 Å². The summed E-state index contributed by atoms with van der Waals surface area (Å²) in [5, 5.41) is 3.39. The molecule has 70 valence electrons. The van der Waals surface area contributed by atoms with Crippen molar-refractivity contribution >= 4 is 0 Å². The van der Waals surface area contributed by atoms with Gasteiger partial charge in [-0.25, -0.2) is 0 Å². The molecule has 3 heteroatoms. The Morgan fingerprint density at radius 1 is 1.38 bits per heavy atom. The van der Waals surface area contributed by atoms with E-state index in [9.17, 15) is 4.79 Å². The molecule has 0 spiro atoms. The number of aromatic amines is 1. The van der Waals surface area contributed by atoms with Crippen molar-refractivity contribution in [3.05, 3.63) is 34.2 Å². The van der Waals surface area contributed by atoms with E-state index in [-0.39, 0.29) is 5.43 Å². The maximum absolute atomic E-state index is 11.1. The third-order valence-corrected chi connectivity index (χ3v) is 2.48. The van der Waals surface area contributed by atoms with Crippen molar-refractivity contribution in [2.75, 3.05) is 6.54 Å². The van der Waals surface area contributed by atoms with Gasteiger partial charge in [0.25, 0.3) is 0 Å². The third-order valence-electron chi connectivity index (χ3n) is 2.48. The molecule has 1 aromatic heterocycles. The number of hydrogen-bond donors (Lipinski definition) is 2. The van der Waals surface area contributed by atoms with Gasteiger partial charge in [0.2, 0.25) is 0 Å². The van der Waals surface area contributed by atoms with Crippen LogP contribution in [0.4, 0.5) is 0 Å². The van der Waals surface area contributed by atoms with Crippen LogP contribution in [-0.4, -0.2) is 11.5 Å². The van der Waals surface area contributed by atoms with Gasteiger partial charge in [-0.15, -0.1) is 0 Å². The lowest BCUT2D eigenvalue weighted by molar-refractivity contribution is 0.405. The normalized spacial score (nSPS) is 22.9. The molecule has 1 aliphatic heterocycles. The molecule has 0 saturated carbocycles. The third kappa shape index (κ3) is 1.98. The molecule has 2 heterocycles. The number of piperidine rings is 1. The number of aromatic nitrogens is 1. The molecule has 1 aromatic rings. The lowest BCUT2D eigenvalue weighted by atomic mass is 10.0. The predicted octanol–water partition coefficient (Wildman–Crippen LogP) is 1.19. The zero-order valence-corrected chi connectivity index (χ0v) is 7.55. The smallest absolute Gasteiger partial charge is 0.181 e. The van der Waals surface area contributed by atoms with Crippen molar-refractivity contribution < 1.29 is 0 Å². The second kappa shape index (κ2) is 3.75. The van der Waals surface area contributed by atoms with Crippen LogP contribution in [0.25, 0.3) is 0 Å². The van der Waals surface area contributed by atoms with Crippen molar-refractivity contribution in [2.45, 2.75) is 25.3 Å². The van der Waals surface area contributed by atoms with Crippen molar-refractivity contribution in [1.82, 2.24) is 10.3 Å². The zero-order valence-electron chi connectivity index (χ0n) is 7.55. The summed E-state index contributed by atoms with van der Waals surface area (Å²) in [4.78, 5) is 14.2. The van der Waals surface area contributed by atoms with Crippen molar-refractivity contribution in [1.29, 1.82) is 0 Å². The van der Waals surface area contributed by atoms with Gasteiger partial charge < -0.3 is 10.3 Å². The van der Waals surface area contributed by atoms with Crippen LogP contribution in [0.5, 0.6) is 0 Å². The minimum Gasteiger partial charge on any atom is -0.363 e. The van der Waals surface area contributed by atoms with Gasteiger partial charge in [-0.3, -0.25) is 4.79 Å². The largest absolute Gasteiger partial charge is 0.363 e. The van der Waals surface area contributed by atoms with E-state index in [0.717, 1.165) is 18.7 Å². The Kier molecular flexibility index (Phi) is 2.45. The molecule has 2 rings (SSSR count). The predicted molar refractivity (Wildman–Crippen MR) is 51.7 cm³/mol. The molecule has 1 fully saturated rings. The van der Waals surface area contributed by atoms with Crippen molar-refractivity contribution in [3.63, 3.8) is 0 Å². The number of rotatable bonds is 1. The number of H-pyrrole nitrogens is 1. The maximum atomic E-state index is 11.1. The zero-order chi connectivity index (χ0) is 9.10. The van der Waals surface area contributed by atoms with E-state index in [1.807, 2.05) is 0 Å². The fourth-order valence-corrected chi connectivity index (χ4v) is 1.78. The SMILES string of the molecule is O=c1cc[nH]c(C2CCCCN2)c1. The lowest BCUT2D eigenvalue weighted by Crippen LogP contribution is -2.28. The molecular formula is C10H14N2O. The highest BCUT2D eigenvalue weighted by molar-refractivity contribution is 5.09. The Morgan fingerprint density at radius 3 is 3.00 bits per heavy atom. The van der Waals surface area contributed by atoms with E-state index >= 15 is 0 Å². The van der Waals surface area contributed by atoms with Gasteiger partial charge in [0.15, 0.2) is 5.43 Å². The topological polar surface area (TPSA) is 44.9 Å². The molecule has 1 aliphatic rings. The van der Waals surface area contributed by atoms with Crippen LogP contribution >= 0.6 is 0 Å². The first-order valence-electron chi connectivity index (χ1n) is 4.78. The second-order valence-corrected chi connectivity index (χ2v) is 3.48. The van der Waals surface area contributed by atoms with E-state index in [1.165, 1.54) is 12.8 Å². The summed E-state index contributed by atoms with van der Waals surface area (Å²) < 4.78 is 0. The van der Waals surface area contributed by atoms with E-state index in [4.69, 9.17) is 0 Å². The van der Waals surface area contributed by atoms with E-state index < -0.39 is 0 Å². The van der Waals surface area contributed by atoms with Gasteiger partial charge >= 0.3 is 0 Å². The van der Waals surface area contributed by atoms with Crippen LogP contribution < -0.4 is 10.7 Å². The molecule has 0 amide bonds. The van der Waals surface area contributed by atoms with Gasteiger partial charge in [0, 0.05) is 30.1 Å². The van der Waals surface area contributed by atoms with Gasteiger partial charge in [0.05, 0.1) is 0 Å². The molecule has 0 aliphatic carbocycles. The molecule has 1 saturated heterocycles. The first-order valence-corrected chi connectivity index (χ1v) is 4.78. The summed E-state index contributed by atoms with van der Waals surface area (Å²) >= 11 is 0. The van der Waals surface area contributed by atoms with E-state index in [0.29, 0.717) is 6.04 Å². The van der Waals surface area contributed by atoms with Gasteiger partial charge in [-0.2, -0.15) is 0 Å². The number of nitrogens with one attached hydrogen (secondary N) is 2. The fourth-order valence-electron chi connectivity index (χ4n) is 1.78. The number of hydrogen-bond acceptors (Lipinski definition) is 2. The highest BCUT2D eigenvalue weighted by atomic mass is 16.1. The molecule has 3 nitrogen and oxygen atoms in total. The second-order valence-electron chi connectivity index (χ2n) is 3.48. The van der Waals surface area contributed by atoms with Gasteiger partial charge in [-0.1, -0.05) is 6.42 Å². The molecule has 0 radical (unpaired) electrons. The monoisotopic (exact) mass is 178 g/mol. The average Bonchev–Trinajstić information content (AvgIpc) is 2.19. The first-order chi connectivity index (χ1) is 6.36. The van der Waals surface area contributed by atoms with E-state index in [1.54, 1.807) is 18.3 Å². The quantitative estimate of drug-likeness (QED) is 0.678. The fraction of sp³-hybridized carbons (Fsp3) is 0.500. The Bertz CT molecular complexity index is 326. The Balaban J connectivity index is 2.19. The lowest BCUT2D eigenvalue weighted by Gasteiger charge is -2.23. The van der Waals surface area contributed by atoms with Crippen molar-refractivity contribution in [3.8, 4) is 0 Å². The Morgan fingerprint density at radius 2 is 2.31 bits per heavy atom. The van der Waals surface area contributed by atoms with Crippen LogP contribution in [0.3, 0.4) is 0 Å².